The molecule has 1 N–H and O–H groups in total. The van der Waals surface area contributed by atoms with Crippen molar-refractivity contribution in [2.75, 3.05) is 31.3 Å². The zero-order valence-electron chi connectivity index (χ0n) is 26.1. The normalized spacial score (nSPS) is 16.8. The fourth-order valence-corrected chi connectivity index (χ4v) is 7.21. The van der Waals surface area contributed by atoms with Gasteiger partial charge in [-0.1, -0.05) is 79.3 Å². The van der Waals surface area contributed by atoms with Crippen LogP contribution in [0, 0.1) is 0 Å². The van der Waals surface area contributed by atoms with Crippen molar-refractivity contribution in [1.82, 2.24) is 10.2 Å². The van der Waals surface area contributed by atoms with Crippen LogP contribution in [0.15, 0.2) is 76.6 Å². The summed E-state index contributed by atoms with van der Waals surface area (Å²) in [5.74, 6) is 0.687. The van der Waals surface area contributed by atoms with Crippen LogP contribution in [0.25, 0.3) is 5.76 Å². The minimum atomic E-state index is -1.02. The van der Waals surface area contributed by atoms with Gasteiger partial charge in [0, 0.05) is 11.3 Å². The average molecular weight is 674 g/mol. The van der Waals surface area contributed by atoms with E-state index in [-0.39, 0.29) is 16.5 Å². The first kappa shape index (κ1) is 32.4. The zero-order valence-corrected chi connectivity index (χ0v) is 27.8. The van der Waals surface area contributed by atoms with E-state index in [9.17, 15) is 14.7 Å². The smallest absolute Gasteiger partial charge is 0.301 e. The second-order valence-electron chi connectivity index (χ2n) is 10.8. The highest BCUT2D eigenvalue weighted by Crippen LogP contribution is 2.46. The summed E-state index contributed by atoms with van der Waals surface area (Å²) in [5, 5.41) is 20.6. The van der Waals surface area contributed by atoms with Crippen molar-refractivity contribution in [3.05, 3.63) is 89.0 Å². The van der Waals surface area contributed by atoms with Crippen molar-refractivity contribution >= 4 is 45.7 Å². The lowest BCUT2D eigenvalue weighted by molar-refractivity contribution is -0.132. The van der Waals surface area contributed by atoms with Crippen molar-refractivity contribution < 1.29 is 33.6 Å². The highest BCUT2D eigenvalue weighted by atomic mass is 32.2. The standard InChI is InChI=1S/C35H35N3O7S2/c1-3-5-9-16-43-25-14-12-23(19-27(25)42-4-2)30-29(31(39)24-13-15-26-28(20-24)45-18-17-44-26)32(40)33(41)38(30)34-36-37-35(47-34)46-21-22-10-7-6-8-11-22/h6-8,10-15,19-20,30,39H,3-5,9,16-18,21H2,1-2H3/t30-/m0/s1. The van der Waals surface area contributed by atoms with E-state index in [4.69, 9.17) is 18.9 Å². The van der Waals surface area contributed by atoms with Crippen LogP contribution in [-0.4, -0.2) is 53.4 Å². The van der Waals surface area contributed by atoms with Gasteiger partial charge in [0.15, 0.2) is 27.3 Å². The van der Waals surface area contributed by atoms with Crippen LogP contribution in [0.4, 0.5) is 5.13 Å². The number of unbranched alkanes of at least 4 members (excludes halogenated alkanes) is 2. The van der Waals surface area contributed by atoms with Gasteiger partial charge in [-0.25, -0.2) is 0 Å². The molecule has 2 aliphatic rings. The number of rotatable bonds is 13. The number of carbonyl (C=O) groups excluding carboxylic acids is 2. The van der Waals surface area contributed by atoms with Crippen molar-refractivity contribution in [3.63, 3.8) is 0 Å². The Morgan fingerprint density at radius 3 is 2.55 bits per heavy atom. The van der Waals surface area contributed by atoms with Gasteiger partial charge in [-0.3, -0.25) is 14.5 Å². The quantitative estimate of drug-likeness (QED) is 0.0390. The molecule has 0 unspecified atom stereocenters. The molecule has 2 aliphatic heterocycles. The fourth-order valence-electron chi connectivity index (χ4n) is 5.39. The Hall–Kier alpha value is -4.55. The number of hydrogen-bond donors (Lipinski definition) is 1. The number of aliphatic hydroxyl groups excluding tert-OH is 1. The van der Waals surface area contributed by atoms with E-state index >= 15 is 0 Å². The zero-order chi connectivity index (χ0) is 32.8. The molecule has 244 valence electrons. The Bertz CT molecular complexity index is 1780. The third-order valence-electron chi connectivity index (χ3n) is 7.66. The van der Waals surface area contributed by atoms with Crippen molar-refractivity contribution in [3.8, 4) is 23.0 Å². The van der Waals surface area contributed by atoms with E-state index in [2.05, 4.69) is 17.1 Å². The summed E-state index contributed by atoms with van der Waals surface area (Å²) in [6.07, 6.45) is 3.02. The number of ether oxygens (including phenoxy) is 4. The number of anilines is 1. The van der Waals surface area contributed by atoms with Crippen LogP contribution in [0.1, 0.15) is 55.8 Å². The summed E-state index contributed by atoms with van der Waals surface area (Å²) in [7, 11) is 0. The maximum Gasteiger partial charge on any atom is 0.301 e. The summed E-state index contributed by atoms with van der Waals surface area (Å²) < 4.78 is 24.0. The lowest BCUT2D eigenvalue weighted by Gasteiger charge is -2.24. The predicted molar refractivity (Wildman–Crippen MR) is 181 cm³/mol. The number of nitrogens with zero attached hydrogens (tertiary/aromatic N) is 3. The van der Waals surface area contributed by atoms with Crippen LogP contribution in [0.2, 0.25) is 0 Å². The minimum Gasteiger partial charge on any atom is -0.507 e. The van der Waals surface area contributed by atoms with E-state index < -0.39 is 17.7 Å². The molecule has 47 heavy (non-hydrogen) atoms. The van der Waals surface area contributed by atoms with Gasteiger partial charge >= 0.3 is 5.91 Å². The van der Waals surface area contributed by atoms with Crippen LogP contribution in [0.5, 0.6) is 23.0 Å². The molecule has 0 bridgehead atoms. The Morgan fingerprint density at radius 1 is 0.957 bits per heavy atom. The third-order valence-corrected chi connectivity index (χ3v) is 9.78. The van der Waals surface area contributed by atoms with E-state index in [1.807, 2.05) is 37.3 Å². The first-order valence-corrected chi connectivity index (χ1v) is 17.4. The van der Waals surface area contributed by atoms with Gasteiger partial charge in [0.05, 0.1) is 24.8 Å². The lowest BCUT2D eigenvalue weighted by Crippen LogP contribution is -2.29. The van der Waals surface area contributed by atoms with E-state index in [1.165, 1.54) is 28.0 Å². The Kier molecular flexibility index (Phi) is 10.3. The molecule has 1 saturated heterocycles. The van der Waals surface area contributed by atoms with Gasteiger partial charge in [0.1, 0.15) is 19.0 Å². The summed E-state index contributed by atoms with van der Waals surface area (Å²) in [5.41, 5.74) is 1.89. The molecular weight excluding hydrogens is 639 g/mol. The van der Waals surface area contributed by atoms with E-state index in [0.29, 0.717) is 70.6 Å². The maximum absolute atomic E-state index is 13.8. The first-order valence-electron chi connectivity index (χ1n) is 15.6. The minimum absolute atomic E-state index is 0.0839. The number of amides is 1. The maximum atomic E-state index is 13.8. The molecule has 0 spiro atoms. The topological polar surface area (TPSA) is 120 Å². The van der Waals surface area contributed by atoms with Gasteiger partial charge in [0.25, 0.3) is 5.78 Å². The van der Waals surface area contributed by atoms with Gasteiger partial charge in [-0.05, 0) is 54.8 Å². The molecular formula is C35H35N3O7S2. The second kappa shape index (κ2) is 14.9. The third kappa shape index (κ3) is 7.08. The van der Waals surface area contributed by atoms with Crippen molar-refractivity contribution in [1.29, 1.82) is 0 Å². The highest BCUT2D eigenvalue weighted by molar-refractivity contribution is 8.00. The average Bonchev–Trinajstić information content (AvgIpc) is 3.67. The molecule has 0 saturated carbocycles. The summed E-state index contributed by atoms with van der Waals surface area (Å²) in [6.45, 7) is 5.68. The summed E-state index contributed by atoms with van der Waals surface area (Å²) in [6, 6.07) is 19.2. The van der Waals surface area contributed by atoms with Gasteiger partial charge < -0.3 is 24.1 Å². The number of hydrogen-bond acceptors (Lipinski definition) is 11. The SMILES string of the molecule is CCCCCOc1ccc([C@H]2C(=C(O)c3ccc4c(c3)OCCO4)C(=O)C(=O)N2c2nnc(SCc3ccccc3)s2)cc1OCC. The second-order valence-corrected chi connectivity index (χ2v) is 13.0. The monoisotopic (exact) mass is 673 g/mol. The Labute approximate surface area is 281 Å². The molecule has 6 rings (SSSR count). The largest absolute Gasteiger partial charge is 0.507 e. The lowest BCUT2D eigenvalue weighted by atomic mass is 9.95. The van der Waals surface area contributed by atoms with Gasteiger partial charge in [-0.2, -0.15) is 0 Å². The molecule has 3 aromatic carbocycles. The van der Waals surface area contributed by atoms with Crippen LogP contribution < -0.4 is 23.8 Å². The Balaban J connectivity index is 1.41. The molecule has 4 aromatic rings. The Morgan fingerprint density at radius 2 is 1.77 bits per heavy atom. The fraction of sp³-hybridized carbons (Fsp3) is 0.314. The highest BCUT2D eigenvalue weighted by Gasteiger charge is 2.48. The number of Topliss-reactive ketones (excluding diaryl/α,β-unsaturated/α-hetero) is 1. The van der Waals surface area contributed by atoms with Crippen molar-refractivity contribution in [2.24, 2.45) is 0 Å². The number of thioether (sulfide) groups is 1. The molecule has 12 heteroatoms. The van der Waals surface area contributed by atoms with E-state index in [1.54, 1.807) is 36.4 Å². The molecule has 0 radical (unpaired) electrons. The van der Waals surface area contributed by atoms with Crippen LogP contribution in [-0.2, 0) is 15.3 Å². The molecule has 3 heterocycles. The number of aliphatic hydroxyl groups is 1. The molecule has 1 aromatic heterocycles. The molecule has 1 amide bonds. The molecule has 10 nitrogen and oxygen atoms in total. The molecule has 0 aliphatic carbocycles. The summed E-state index contributed by atoms with van der Waals surface area (Å²) in [4.78, 5) is 28.9. The number of aromatic nitrogens is 2. The van der Waals surface area contributed by atoms with Gasteiger partial charge in [0.2, 0.25) is 5.13 Å². The van der Waals surface area contributed by atoms with Crippen LogP contribution in [0.3, 0.4) is 0 Å². The number of benzene rings is 3. The van der Waals surface area contributed by atoms with Crippen LogP contribution >= 0.6 is 23.1 Å². The van der Waals surface area contributed by atoms with Gasteiger partial charge in [-0.15, -0.1) is 10.2 Å². The number of fused-ring (bicyclic) bond motifs is 1. The summed E-state index contributed by atoms with van der Waals surface area (Å²) >= 11 is 2.70. The van der Waals surface area contributed by atoms with Crippen molar-refractivity contribution in [2.45, 2.75) is 49.2 Å². The molecule has 1 fully saturated rings. The number of carbonyl (C=O) groups is 2. The number of ketones is 1. The predicted octanol–water partition coefficient (Wildman–Crippen LogP) is 7.20. The molecule has 1 atom stereocenters. The first-order chi connectivity index (χ1) is 23.0. The van der Waals surface area contributed by atoms with E-state index in [0.717, 1.165) is 24.8 Å².